The lowest BCUT2D eigenvalue weighted by Gasteiger charge is -2.23. The molecule has 142 valence electrons. The van der Waals surface area contributed by atoms with Crippen molar-refractivity contribution in [3.63, 3.8) is 0 Å². The van der Waals surface area contributed by atoms with Gasteiger partial charge in [0.25, 0.3) is 17.4 Å². The van der Waals surface area contributed by atoms with Crippen LogP contribution in [0.3, 0.4) is 0 Å². The first-order valence-electron chi connectivity index (χ1n) is 8.18. The number of ketones is 1. The van der Waals surface area contributed by atoms with Crippen LogP contribution in [0.25, 0.3) is 5.76 Å². The van der Waals surface area contributed by atoms with Crippen molar-refractivity contribution in [2.24, 2.45) is 5.73 Å². The molecule has 9 nitrogen and oxygen atoms in total. The second-order valence-corrected chi connectivity index (χ2v) is 6.08. The van der Waals surface area contributed by atoms with Crippen LogP contribution in [0.2, 0.25) is 0 Å². The summed E-state index contributed by atoms with van der Waals surface area (Å²) in [6.45, 7) is -0.632. The summed E-state index contributed by atoms with van der Waals surface area (Å²) < 4.78 is 0. The van der Waals surface area contributed by atoms with Crippen LogP contribution in [0.1, 0.15) is 17.2 Å². The zero-order valence-corrected chi connectivity index (χ0v) is 14.4. The van der Waals surface area contributed by atoms with Crippen molar-refractivity contribution in [1.29, 1.82) is 0 Å². The quantitative estimate of drug-likeness (QED) is 0.264. The lowest BCUT2D eigenvalue weighted by Crippen LogP contribution is -2.37. The van der Waals surface area contributed by atoms with Gasteiger partial charge in [0.05, 0.1) is 22.1 Å². The molecule has 0 saturated carbocycles. The summed E-state index contributed by atoms with van der Waals surface area (Å²) in [6.07, 6.45) is 0. The molecule has 3 N–H and O–H groups in total. The first kappa shape index (κ1) is 18.8. The van der Waals surface area contributed by atoms with E-state index in [0.29, 0.717) is 0 Å². The number of aliphatic hydroxyl groups is 1. The Labute approximate surface area is 158 Å². The molecule has 0 bridgehead atoms. The predicted molar refractivity (Wildman–Crippen MR) is 97.7 cm³/mol. The topological polar surface area (TPSA) is 144 Å². The Morgan fingerprint density at radius 1 is 1.11 bits per heavy atom. The Balaban J connectivity index is 2.28. The normalized spacial score (nSPS) is 18.3. The molecule has 1 aliphatic rings. The monoisotopic (exact) mass is 381 g/mol. The summed E-state index contributed by atoms with van der Waals surface area (Å²) >= 11 is 0. The van der Waals surface area contributed by atoms with Gasteiger partial charge in [0.1, 0.15) is 12.3 Å². The lowest BCUT2D eigenvalue weighted by atomic mass is 9.94. The maximum Gasteiger partial charge on any atom is 0.296 e. The number of para-hydroxylation sites is 1. The van der Waals surface area contributed by atoms with Gasteiger partial charge in [-0.15, -0.1) is 0 Å². The number of nitrogens with zero attached hydrogens (tertiary/aromatic N) is 2. The highest BCUT2D eigenvalue weighted by Gasteiger charge is 2.48. The van der Waals surface area contributed by atoms with E-state index in [1.54, 1.807) is 18.2 Å². The minimum Gasteiger partial charge on any atom is -0.507 e. The third-order valence-corrected chi connectivity index (χ3v) is 4.34. The first-order valence-corrected chi connectivity index (χ1v) is 8.18. The standard InChI is InChI=1S/C19H15N3O6/c20-14(23)10-21-16(12-8-4-5-9-13(12)22(27)28)15(18(25)19(21)26)17(24)11-6-2-1-3-7-11/h1-9,16,24H,10H2,(H2,20,23)/b17-15+. The van der Waals surface area contributed by atoms with E-state index in [2.05, 4.69) is 0 Å². The van der Waals surface area contributed by atoms with Crippen LogP contribution in [-0.4, -0.2) is 39.1 Å². The largest absolute Gasteiger partial charge is 0.507 e. The van der Waals surface area contributed by atoms with Crippen molar-refractivity contribution >= 4 is 29.0 Å². The molecular formula is C19H15N3O6. The number of nitrogens with two attached hydrogens (primary N) is 1. The number of amides is 2. The van der Waals surface area contributed by atoms with Crippen molar-refractivity contribution in [2.45, 2.75) is 6.04 Å². The van der Waals surface area contributed by atoms with Crippen LogP contribution in [0, 0.1) is 10.1 Å². The van der Waals surface area contributed by atoms with Gasteiger partial charge in [0, 0.05) is 11.6 Å². The number of carbonyl (C=O) groups excluding carboxylic acids is 3. The minimum atomic E-state index is -1.32. The fourth-order valence-corrected chi connectivity index (χ4v) is 3.17. The number of hydrogen-bond donors (Lipinski definition) is 2. The zero-order chi connectivity index (χ0) is 20.4. The molecule has 9 heteroatoms. The third-order valence-electron chi connectivity index (χ3n) is 4.34. The molecule has 2 aromatic carbocycles. The average molecular weight is 381 g/mol. The molecule has 3 rings (SSSR count). The van der Waals surface area contributed by atoms with Gasteiger partial charge in [-0.2, -0.15) is 0 Å². The second kappa shape index (κ2) is 7.31. The van der Waals surface area contributed by atoms with E-state index in [9.17, 15) is 29.6 Å². The van der Waals surface area contributed by atoms with Crippen LogP contribution in [0.4, 0.5) is 5.69 Å². The van der Waals surface area contributed by atoms with Crippen LogP contribution < -0.4 is 5.73 Å². The van der Waals surface area contributed by atoms with Gasteiger partial charge >= 0.3 is 0 Å². The lowest BCUT2D eigenvalue weighted by molar-refractivity contribution is -0.385. The number of nitro benzene ring substituents is 1. The Kier molecular flexibility index (Phi) is 4.90. The number of rotatable bonds is 5. The van der Waals surface area contributed by atoms with Crippen LogP contribution >= 0.6 is 0 Å². The van der Waals surface area contributed by atoms with E-state index in [1.807, 2.05) is 0 Å². The van der Waals surface area contributed by atoms with Crippen molar-refractivity contribution < 1.29 is 24.4 Å². The predicted octanol–water partition coefficient (Wildman–Crippen LogP) is 1.50. The molecule has 2 amide bonds. The summed E-state index contributed by atoms with van der Waals surface area (Å²) in [7, 11) is 0. The molecule has 2 aromatic rings. The summed E-state index contributed by atoms with van der Waals surface area (Å²) in [5, 5.41) is 22.2. The molecule has 0 aliphatic carbocycles. The van der Waals surface area contributed by atoms with E-state index >= 15 is 0 Å². The maximum atomic E-state index is 12.6. The molecular weight excluding hydrogens is 366 g/mol. The van der Waals surface area contributed by atoms with E-state index in [1.165, 1.54) is 36.4 Å². The molecule has 1 heterocycles. The van der Waals surface area contributed by atoms with Crippen molar-refractivity contribution in [3.8, 4) is 0 Å². The third kappa shape index (κ3) is 3.20. The highest BCUT2D eigenvalue weighted by molar-refractivity contribution is 6.47. The fourth-order valence-electron chi connectivity index (χ4n) is 3.17. The number of primary amides is 1. The Morgan fingerprint density at radius 2 is 1.71 bits per heavy atom. The van der Waals surface area contributed by atoms with Crippen molar-refractivity contribution in [1.82, 2.24) is 4.90 Å². The number of likely N-dealkylation sites (tertiary alicyclic amines) is 1. The molecule has 28 heavy (non-hydrogen) atoms. The summed E-state index contributed by atoms with van der Waals surface area (Å²) in [5.41, 5.74) is 4.74. The average Bonchev–Trinajstić information content (AvgIpc) is 2.92. The zero-order valence-electron chi connectivity index (χ0n) is 14.4. The summed E-state index contributed by atoms with van der Waals surface area (Å²) in [6, 6.07) is 12.2. The first-order chi connectivity index (χ1) is 13.3. The van der Waals surface area contributed by atoms with Crippen LogP contribution in [-0.2, 0) is 14.4 Å². The van der Waals surface area contributed by atoms with Gasteiger partial charge in [-0.25, -0.2) is 0 Å². The molecule has 0 radical (unpaired) electrons. The number of aliphatic hydroxyl groups excluding tert-OH is 1. The van der Waals surface area contributed by atoms with Crippen molar-refractivity contribution in [2.75, 3.05) is 6.54 Å². The van der Waals surface area contributed by atoms with Gasteiger partial charge < -0.3 is 15.7 Å². The minimum absolute atomic E-state index is 0.00886. The van der Waals surface area contributed by atoms with Gasteiger partial charge in [-0.3, -0.25) is 24.5 Å². The van der Waals surface area contributed by atoms with E-state index in [0.717, 1.165) is 4.90 Å². The Morgan fingerprint density at radius 3 is 2.32 bits per heavy atom. The number of carbonyl (C=O) groups is 3. The fraction of sp³-hybridized carbons (Fsp3) is 0.105. The molecule has 1 saturated heterocycles. The van der Waals surface area contributed by atoms with Gasteiger partial charge in [0.2, 0.25) is 5.91 Å². The van der Waals surface area contributed by atoms with Crippen LogP contribution in [0.5, 0.6) is 0 Å². The van der Waals surface area contributed by atoms with E-state index in [-0.39, 0.29) is 22.4 Å². The van der Waals surface area contributed by atoms with Crippen molar-refractivity contribution in [3.05, 3.63) is 81.4 Å². The molecule has 1 unspecified atom stereocenters. The molecule has 1 atom stereocenters. The van der Waals surface area contributed by atoms with E-state index < -0.39 is 40.9 Å². The molecule has 0 spiro atoms. The highest BCUT2D eigenvalue weighted by atomic mass is 16.6. The molecule has 0 aromatic heterocycles. The number of nitro groups is 1. The summed E-state index contributed by atoms with van der Waals surface area (Å²) in [4.78, 5) is 48.2. The number of hydrogen-bond acceptors (Lipinski definition) is 6. The highest BCUT2D eigenvalue weighted by Crippen LogP contribution is 2.42. The SMILES string of the molecule is NC(=O)CN1C(=O)C(=O)/C(=C(/O)c2ccccc2)C1c1ccccc1[N+](=O)[O-]. The second-order valence-electron chi connectivity index (χ2n) is 6.08. The maximum absolute atomic E-state index is 12.6. The molecule has 1 fully saturated rings. The molecule has 1 aliphatic heterocycles. The number of Topliss-reactive ketones (excluding diaryl/α,β-unsaturated/α-hetero) is 1. The van der Waals surface area contributed by atoms with E-state index in [4.69, 9.17) is 5.73 Å². The van der Waals surface area contributed by atoms with Gasteiger partial charge in [0.15, 0.2) is 0 Å². The van der Waals surface area contributed by atoms with Gasteiger partial charge in [-0.1, -0.05) is 42.5 Å². The Bertz CT molecular complexity index is 1020. The number of benzene rings is 2. The summed E-state index contributed by atoms with van der Waals surface area (Å²) in [5.74, 6) is -3.51. The van der Waals surface area contributed by atoms with Gasteiger partial charge in [-0.05, 0) is 6.07 Å². The Hall–Kier alpha value is -4.01. The smallest absolute Gasteiger partial charge is 0.296 e. The van der Waals surface area contributed by atoms with Crippen LogP contribution in [0.15, 0.2) is 60.2 Å².